The van der Waals surface area contributed by atoms with E-state index < -0.39 is 0 Å². The Morgan fingerprint density at radius 3 is 2.40 bits per heavy atom. The van der Waals surface area contributed by atoms with Gasteiger partial charge in [-0.05, 0) is 20.8 Å². The summed E-state index contributed by atoms with van der Waals surface area (Å²) in [5.74, 6) is 1.26. The van der Waals surface area contributed by atoms with Gasteiger partial charge in [0.25, 0.3) is 0 Å². The average Bonchev–Trinajstić information content (AvgIpc) is 2.14. The van der Waals surface area contributed by atoms with E-state index in [1.54, 1.807) is 11.8 Å². The number of hydrogen-bond donors (Lipinski definition) is 0. The van der Waals surface area contributed by atoms with E-state index >= 15 is 0 Å². The van der Waals surface area contributed by atoms with E-state index in [4.69, 9.17) is 0 Å². The fraction of sp³-hybridized carbons (Fsp3) is 0.625. The van der Waals surface area contributed by atoms with Crippen molar-refractivity contribution in [2.45, 2.75) is 26.0 Å². The minimum atomic E-state index is 0.199. The van der Waals surface area contributed by atoms with Gasteiger partial charge < -0.3 is 0 Å². The van der Waals surface area contributed by atoms with E-state index in [2.05, 4.69) is 0 Å². The zero-order valence-corrected chi connectivity index (χ0v) is 7.42. The molecule has 2 heteroatoms. The van der Waals surface area contributed by atoms with Crippen molar-refractivity contribution in [2.24, 2.45) is 0 Å². The molecule has 0 radical (unpaired) electrons. The smallest absolute Gasteiger partial charge is 0.172 e. The maximum absolute atomic E-state index is 11.3. The third-order valence-corrected chi connectivity index (χ3v) is 2.92. The fourth-order valence-electron chi connectivity index (χ4n) is 0.991. The molecule has 0 bridgehead atoms. The third kappa shape index (κ3) is 1.26. The van der Waals surface area contributed by atoms with Gasteiger partial charge in [-0.15, -0.1) is 11.8 Å². The lowest BCUT2D eigenvalue weighted by molar-refractivity contribution is -0.114. The van der Waals surface area contributed by atoms with Gasteiger partial charge in [-0.25, -0.2) is 0 Å². The van der Waals surface area contributed by atoms with Crippen LogP contribution in [0.15, 0.2) is 11.1 Å². The average molecular weight is 156 g/mol. The van der Waals surface area contributed by atoms with Crippen LogP contribution in [-0.2, 0) is 4.79 Å². The van der Waals surface area contributed by atoms with Gasteiger partial charge in [0.15, 0.2) is 5.78 Å². The van der Waals surface area contributed by atoms with Crippen LogP contribution in [-0.4, -0.2) is 16.8 Å². The first kappa shape index (κ1) is 7.86. The summed E-state index contributed by atoms with van der Waals surface area (Å²) < 4.78 is 0. The van der Waals surface area contributed by atoms with Crippen molar-refractivity contribution in [3.8, 4) is 0 Å². The zero-order valence-electron chi connectivity index (χ0n) is 6.60. The molecule has 1 heterocycles. The molecule has 0 spiro atoms. The molecule has 56 valence electrons. The topological polar surface area (TPSA) is 17.1 Å². The Morgan fingerprint density at radius 2 is 2.20 bits per heavy atom. The van der Waals surface area contributed by atoms with E-state index in [0.29, 0.717) is 5.78 Å². The van der Waals surface area contributed by atoms with Crippen molar-refractivity contribution in [1.82, 2.24) is 0 Å². The second-order valence-corrected chi connectivity index (χ2v) is 4.13. The number of rotatable bonds is 0. The molecule has 1 atom stereocenters. The van der Waals surface area contributed by atoms with Gasteiger partial charge in [-0.1, -0.05) is 5.57 Å². The van der Waals surface area contributed by atoms with Gasteiger partial charge in [0, 0.05) is 11.3 Å². The Balaban J connectivity index is 2.86. The van der Waals surface area contributed by atoms with E-state index in [0.717, 1.165) is 11.3 Å². The predicted octanol–water partition coefficient (Wildman–Crippen LogP) is 2.03. The number of thioether (sulfide) groups is 1. The van der Waals surface area contributed by atoms with Crippen LogP contribution >= 0.6 is 11.8 Å². The van der Waals surface area contributed by atoms with Crippen molar-refractivity contribution in [1.29, 1.82) is 0 Å². The van der Waals surface area contributed by atoms with Crippen LogP contribution in [0, 0.1) is 0 Å². The molecule has 0 aromatic heterocycles. The summed E-state index contributed by atoms with van der Waals surface area (Å²) in [4.78, 5) is 11.3. The van der Waals surface area contributed by atoms with Crippen LogP contribution < -0.4 is 0 Å². The Bertz CT molecular complexity index is 189. The fourth-order valence-corrected chi connectivity index (χ4v) is 2.13. The van der Waals surface area contributed by atoms with Crippen LogP contribution in [0.5, 0.6) is 0 Å². The lowest BCUT2D eigenvalue weighted by atomic mass is 10.1. The van der Waals surface area contributed by atoms with Gasteiger partial charge in [0.05, 0.1) is 5.25 Å². The highest BCUT2D eigenvalue weighted by Gasteiger charge is 2.26. The summed E-state index contributed by atoms with van der Waals surface area (Å²) >= 11 is 1.73. The van der Waals surface area contributed by atoms with Crippen molar-refractivity contribution >= 4 is 17.5 Å². The van der Waals surface area contributed by atoms with Crippen LogP contribution in [0.4, 0.5) is 0 Å². The monoisotopic (exact) mass is 156 g/mol. The van der Waals surface area contributed by atoms with E-state index in [1.807, 2.05) is 20.8 Å². The number of Topliss-reactive ketones (excluding diaryl/α,β-unsaturated/α-hetero) is 1. The molecule has 0 amide bonds. The summed E-state index contributed by atoms with van der Waals surface area (Å²) in [6, 6.07) is 0. The quantitative estimate of drug-likeness (QED) is 0.499. The van der Waals surface area contributed by atoms with E-state index in [9.17, 15) is 4.79 Å². The van der Waals surface area contributed by atoms with Gasteiger partial charge in [-0.3, -0.25) is 4.79 Å². The second kappa shape index (κ2) is 2.79. The normalized spacial score (nSPS) is 25.7. The van der Waals surface area contributed by atoms with Crippen molar-refractivity contribution in [3.63, 3.8) is 0 Å². The molecule has 1 nitrogen and oxygen atoms in total. The summed E-state index contributed by atoms with van der Waals surface area (Å²) in [6.45, 7) is 5.99. The van der Waals surface area contributed by atoms with Crippen molar-refractivity contribution < 1.29 is 4.79 Å². The Labute approximate surface area is 65.9 Å². The molecule has 0 N–H and O–H groups in total. The number of carbonyl (C=O) groups excluding carboxylic acids is 1. The molecule has 1 rings (SSSR count). The third-order valence-electron chi connectivity index (χ3n) is 1.75. The molecular weight excluding hydrogens is 144 g/mol. The largest absolute Gasteiger partial charge is 0.293 e. The lowest BCUT2D eigenvalue weighted by Gasteiger charge is -1.96. The van der Waals surface area contributed by atoms with Crippen LogP contribution in [0.25, 0.3) is 0 Å². The Hall–Kier alpha value is -0.240. The van der Waals surface area contributed by atoms with Crippen LogP contribution in [0.1, 0.15) is 20.8 Å². The van der Waals surface area contributed by atoms with E-state index in [-0.39, 0.29) is 5.25 Å². The summed E-state index contributed by atoms with van der Waals surface area (Å²) in [5, 5.41) is 0.199. The summed E-state index contributed by atoms with van der Waals surface area (Å²) in [5.41, 5.74) is 2.22. The molecule has 0 saturated carbocycles. The lowest BCUT2D eigenvalue weighted by Crippen LogP contribution is -2.07. The summed E-state index contributed by atoms with van der Waals surface area (Å²) in [6.07, 6.45) is 0. The second-order valence-electron chi connectivity index (χ2n) is 2.80. The molecule has 1 unspecified atom stereocenters. The maximum atomic E-state index is 11.3. The molecule has 10 heavy (non-hydrogen) atoms. The SMILES string of the molecule is CC(C)=C1CSC(C)C1=O. The van der Waals surface area contributed by atoms with Gasteiger partial charge >= 0.3 is 0 Å². The highest BCUT2D eigenvalue weighted by Crippen LogP contribution is 2.28. The van der Waals surface area contributed by atoms with Gasteiger partial charge in [0.2, 0.25) is 0 Å². The van der Waals surface area contributed by atoms with Crippen LogP contribution in [0.2, 0.25) is 0 Å². The number of allylic oxidation sites excluding steroid dienone is 1. The Kier molecular flexibility index (Phi) is 2.19. The molecule has 1 aliphatic rings. The summed E-state index contributed by atoms with van der Waals surface area (Å²) in [7, 11) is 0. The minimum Gasteiger partial charge on any atom is -0.293 e. The standard InChI is InChI=1S/C8H12OS/c1-5(2)7-4-10-6(3)8(7)9/h6H,4H2,1-3H3. The van der Waals surface area contributed by atoms with Crippen LogP contribution in [0.3, 0.4) is 0 Å². The number of ketones is 1. The number of hydrogen-bond acceptors (Lipinski definition) is 2. The first-order chi connectivity index (χ1) is 4.63. The zero-order chi connectivity index (χ0) is 7.72. The highest BCUT2D eigenvalue weighted by molar-refractivity contribution is 8.01. The first-order valence-electron chi connectivity index (χ1n) is 3.45. The number of carbonyl (C=O) groups is 1. The van der Waals surface area contributed by atoms with E-state index in [1.165, 1.54) is 5.57 Å². The first-order valence-corrected chi connectivity index (χ1v) is 4.50. The minimum absolute atomic E-state index is 0.199. The Morgan fingerprint density at radius 1 is 1.60 bits per heavy atom. The molecule has 1 fully saturated rings. The molecular formula is C8H12OS. The van der Waals surface area contributed by atoms with Crippen molar-refractivity contribution in [3.05, 3.63) is 11.1 Å². The molecule has 1 saturated heterocycles. The van der Waals surface area contributed by atoms with Crippen molar-refractivity contribution in [2.75, 3.05) is 5.75 Å². The molecule has 1 aliphatic heterocycles. The maximum Gasteiger partial charge on any atom is 0.172 e. The molecule has 0 aromatic rings. The molecule has 0 aliphatic carbocycles. The van der Waals surface area contributed by atoms with Gasteiger partial charge in [-0.2, -0.15) is 0 Å². The molecule has 0 aromatic carbocycles. The van der Waals surface area contributed by atoms with Gasteiger partial charge in [0.1, 0.15) is 0 Å². The predicted molar refractivity (Wildman–Crippen MR) is 45.3 cm³/mol. The highest BCUT2D eigenvalue weighted by atomic mass is 32.2.